The van der Waals surface area contributed by atoms with Crippen LogP contribution < -0.4 is 5.32 Å². The summed E-state index contributed by atoms with van der Waals surface area (Å²) in [6, 6.07) is 4.17. The summed E-state index contributed by atoms with van der Waals surface area (Å²) in [5.74, 6) is 0. The number of nitro benzene ring substituents is 1. The summed E-state index contributed by atoms with van der Waals surface area (Å²) in [4.78, 5) is 20.2. The largest absolute Gasteiger partial charge is 0.465 e. The number of benzene rings is 1. The molecule has 0 atom stereocenters. The minimum atomic E-state index is -1.26. The van der Waals surface area contributed by atoms with Gasteiger partial charge in [-0.15, -0.1) is 0 Å². The molecule has 0 bridgehead atoms. The molecule has 0 aromatic heterocycles. The second-order valence-electron chi connectivity index (χ2n) is 2.65. The van der Waals surface area contributed by atoms with Crippen molar-refractivity contribution in [1.29, 1.82) is 0 Å². The number of hydrogen-bond acceptors (Lipinski definition) is 3. The van der Waals surface area contributed by atoms with Gasteiger partial charge >= 0.3 is 6.09 Å². The van der Waals surface area contributed by atoms with Gasteiger partial charge in [-0.3, -0.25) is 10.1 Å². The molecule has 0 aliphatic heterocycles. The maximum absolute atomic E-state index is 10.6. The fraction of sp³-hybridized carbons (Fsp3) is 0.125. The molecule has 0 aliphatic carbocycles. The van der Waals surface area contributed by atoms with E-state index in [9.17, 15) is 14.9 Å². The van der Waals surface area contributed by atoms with Gasteiger partial charge < -0.3 is 10.4 Å². The van der Waals surface area contributed by atoms with Gasteiger partial charge in [-0.25, -0.2) is 4.79 Å². The normalized spacial score (nSPS) is 9.67. The molecule has 0 saturated heterocycles. The number of rotatable bonds is 3. The quantitative estimate of drug-likeness (QED) is 0.614. The molecule has 0 fully saturated rings. The summed E-state index contributed by atoms with van der Waals surface area (Å²) in [5, 5.41) is 21.2. The lowest BCUT2D eigenvalue weighted by molar-refractivity contribution is -0.385. The Morgan fingerprint density at radius 2 is 2.27 bits per heavy atom. The second-order valence-corrected chi connectivity index (χ2v) is 3.06. The van der Waals surface area contributed by atoms with Crippen LogP contribution in [0.5, 0.6) is 0 Å². The molecular weight excluding hydrogens is 224 g/mol. The molecule has 0 spiro atoms. The van der Waals surface area contributed by atoms with Crippen molar-refractivity contribution in [2.24, 2.45) is 0 Å². The Morgan fingerprint density at radius 1 is 1.60 bits per heavy atom. The molecule has 0 unspecified atom stereocenters. The summed E-state index contributed by atoms with van der Waals surface area (Å²) in [5.41, 5.74) is -0.0391. The number of nitrogens with zero attached hydrogens (tertiary/aromatic N) is 1. The highest BCUT2D eigenvalue weighted by Crippen LogP contribution is 2.25. The van der Waals surface area contributed by atoms with Crippen LogP contribution in [-0.4, -0.2) is 16.1 Å². The fourth-order valence-electron chi connectivity index (χ4n) is 1.06. The first-order valence-electron chi connectivity index (χ1n) is 3.91. The number of carbonyl (C=O) groups is 1. The van der Waals surface area contributed by atoms with Crippen LogP contribution in [0.2, 0.25) is 5.02 Å². The van der Waals surface area contributed by atoms with Gasteiger partial charge in [0.1, 0.15) is 0 Å². The van der Waals surface area contributed by atoms with E-state index in [0.29, 0.717) is 0 Å². The van der Waals surface area contributed by atoms with E-state index >= 15 is 0 Å². The standard InChI is InChI=1S/C8H7ClN2O4/c9-6-2-1-3-7(11(14)15)5(6)4-10-8(12)13/h1-3,10H,4H2,(H,12,13). The van der Waals surface area contributed by atoms with E-state index < -0.39 is 11.0 Å². The van der Waals surface area contributed by atoms with Crippen molar-refractivity contribution in [3.8, 4) is 0 Å². The maximum Gasteiger partial charge on any atom is 0.404 e. The molecule has 6 nitrogen and oxygen atoms in total. The van der Waals surface area contributed by atoms with Crippen LogP contribution in [0.15, 0.2) is 18.2 Å². The van der Waals surface area contributed by atoms with Crippen molar-refractivity contribution in [2.75, 3.05) is 0 Å². The molecule has 7 heteroatoms. The van der Waals surface area contributed by atoms with Gasteiger partial charge in [0, 0.05) is 6.07 Å². The van der Waals surface area contributed by atoms with Crippen LogP contribution in [0, 0.1) is 10.1 Å². The molecule has 80 valence electrons. The van der Waals surface area contributed by atoms with Gasteiger partial charge in [0.25, 0.3) is 5.69 Å². The highest BCUT2D eigenvalue weighted by atomic mass is 35.5. The zero-order valence-corrected chi connectivity index (χ0v) is 8.19. The number of amides is 1. The Labute approximate surface area is 89.6 Å². The number of carboxylic acid groups (broad SMARTS) is 1. The molecule has 0 saturated carbocycles. The first-order valence-corrected chi connectivity index (χ1v) is 4.28. The Hall–Kier alpha value is -1.82. The molecule has 1 aromatic carbocycles. The van der Waals surface area contributed by atoms with Gasteiger partial charge in [0.2, 0.25) is 0 Å². The monoisotopic (exact) mass is 230 g/mol. The molecule has 2 N–H and O–H groups in total. The summed E-state index contributed by atoms with van der Waals surface area (Å²) in [7, 11) is 0. The van der Waals surface area contributed by atoms with Crippen molar-refractivity contribution < 1.29 is 14.8 Å². The lowest BCUT2D eigenvalue weighted by Gasteiger charge is -2.04. The number of hydrogen-bond donors (Lipinski definition) is 2. The van der Waals surface area contributed by atoms with E-state index in [2.05, 4.69) is 0 Å². The average molecular weight is 231 g/mol. The van der Waals surface area contributed by atoms with E-state index in [4.69, 9.17) is 16.7 Å². The molecule has 0 aliphatic rings. The van der Waals surface area contributed by atoms with Crippen molar-refractivity contribution in [1.82, 2.24) is 5.32 Å². The topological polar surface area (TPSA) is 92.5 Å². The molecular formula is C8H7ClN2O4. The van der Waals surface area contributed by atoms with E-state index in [0.717, 1.165) is 0 Å². The van der Waals surface area contributed by atoms with Crippen LogP contribution >= 0.6 is 11.6 Å². The zero-order valence-electron chi connectivity index (χ0n) is 7.44. The first kappa shape index (κ1) is 11.3. The van der Waals surface area contributed by atoms with Gasteiger partial charge in [-0.05, 0) is 6.07 Å². The Bertz CT molecular complexity index is 408. The summed E-state index contributed by atoms with van der Waals surface area (Å²) >= 11 is 5.72. The summed E-state index contributed by atoms with van der Waals surface area (Å²) < 4.78 is 0. The van der Waals surface area contributed by atoms with Crippen molar-refractivity contribution in [3.05, 3.63) is 38.9 Å². The van der Waals surface area contributed by atoms with Crippen molar-refractivity contribution in [2.45, 2.75) is 6.54 Å². The Kier molecular flexibility index (Phi) is 3.46. The van der Waals surface area contributed by atoms with Crippen LogP contribution in [0.4, 0.5) is 10.5 Å². The predicted molar refractivity (Wildman–Crippen MR) is 53.0 cm³/mol. The Morgan fingerprint density at radius 3 is 2.80 bits per heavy atom. The van der Waals surface area contributed by atoms with Gasteiger partial charge in [0.15, 0.2) is 0 Å². The van der Waals surface area contributed by atoms with Crippen LogP contribution in [0.25, 0.3) is 0 Å². The molecule has 15 heavy (non-hydrogen) atoms. The molecule has 1 amide bonds. The summed E-state index contributed by atoms with van der Waals surface area (Å²) in [6.45, 7) is -0.189. The van der Waals surface area contributed by atoms with Gasteiger partial charge in [0.05, 0.1) is 22.1 Å². The number of halogens is 1. The highest BCUT2D eigenvalue weighted by molar-refractivity contribution is 6.31. The first-order chi connectivity index (χ1) is 7.02. The minimum Gasteiger partial charge on any atom is -0.465 e. The number of nitrogens with one attached hydrogen (secondary N) is 1. The molecule has 1 aromatic rings. The minimum absolute atomic E-state index is 0.159. The van der Waals surface area contributed by atoms with Crippen molar-refractivity contribution >= 4 is 23.4 Å². The fourth-order valence-corrected chi connectivity index (χ4v) is 1.29. The highest BCUT2D eigenvalue weighted by Gasteiger charge is 2.16. The predicted octanol–water partition coefficient (Wildman–Crippen LogP) is 2.02. The van der Waals surface area contributed by atoms with E-state index in [1.54, 1.807) is 0 Å². The van der Waals surface area contributed by atoms with Gasteiger partial charge in [-0.2, -0.15) is 0 Å². The number of nitro groups is 1. The van der Waals surface area contributed by atoms with Crippen molar-refractivity contribution in [3.63, 3.8) is 0 Å². The third-order valence-corrected chi connectivity index (χ3v) is 2.06. The Balaban J connectivity index is 3.02. The third kappa shape index (κ3) is 2.81. The van der Waals surface area contributed by atoms with E-state index in [1.165, 1.54) is 18.2 Å². The maximum atomic E-state index is 10.6. The second kappa shape index (κ2) is 4.61. The SMILES string of the molecule is O=C(O)NCc1c(Cl)cccc1[N+](=O)[O-]. The summed E-state index contributed by atoms with van der Waals surface area (Å²) in [6.07, 6.45) is -1.26. The molecule has 1 rings (SSSR count). The van der Waals surface area contributed by atoms with Crippen LogP contribution in [0.3, 0.4) is 0 Å². The van der Waals surface area contributed by atoms with E-state index in [-0.39, 0.29) is 22.8 Å². The third-order valence-electron chi connectivity index (χ3n) is 1.71. The van der Waals surface area contributed by atoms with Crippen LogP contribution in [0.1, 0.15) is 5.56 Å². The molecule has 0 radical (unpaired) electrons. The lowest BCUT2D eigenvalue weighted by Crippen LogP contribution is -2.20. The van der Waals surface area contributed by atoms with Gasteiger partial charge in [-0.1, -0.05) is 17.7 Å². The zero-order chi connectivity index (χ0) is 11.4. The van der Waals surface area contributed by atoms with Crippen LogP contribution in [-0.2, 0) is 6.54 Å². The smallest absolute Gasteiger partial charge is 0.404 e. The average Bonchev–Trinajstić information content (AvgIpc) is 2.15. The molecule has 0 heterocycles. The lowest BCUT2D eigenvalue weighted by atomic mass is 10.2. The van der Waals surface area contributed by atoms with E-state index in [1.807, 2.05) is 5.32 Å².